The molecule has 0 N–H and O–H groups in total. The van der Waals surface area contributed by atoms with Crippen LogP contribution >= 0.6 is 0 Å². The molecule has 1 aliphatic carbocycles. The van der Waals surface area contributed by atoms with Crippen LogP contribution < -0.4 is 4.90 Å². The molecule has 0 amide bonds. The van der Waals surface area contributed by atoms with Crippen LogP contribution in [0.3, 0.4) is 0 Å². The van der Waals surface area contributed by atoms with E-state index in [4.69, 9.17) is 4.74 Å². The number of ether oxygens (including phenoxy) is 1. The summed E-state index contributed by atoms with van der Waals surface area (Å²) in [5, 5.41) is 0. The lowest BCUT2D eigenvalue weighted by molar-refractivity contribution is -0.153. The van der Waals surface area contributed by atoms with E-state index in [0.717, 1.165) is 57.8 Å². The van der Waals surface area contributed by atoms with E-state index in [1.165, 1.54) is 25.5 Å². The van der Waals surface area contributed by atoms with Crippen molar-refractivity contribution in [2.45, 2.75) is 38.6 Å². The molecule has 0 spiro atoms. The number of fused-ring (bicyclic) bond motifs is 1. The molecule has 1 aromatic rings. The van der Waals surface area contributed by atoms with Crippen molar-refractivity contribution < 1.29 is 9.53 Å². The molecule has 2 aliphatic heterocycles. The molecular formula is C19H27N3O2. The third-order valence-corrected chi connectivity index (χ3v) is 6.18. The van der Waals surface area contributed by atoms with Crippen molar-refractivity contribution in [3.8, 4) is 0 Å². The number of likely N-dealkylation sites (tertiary alicyclic amines) is 1. The Bertz CT molecular complexity index is 597. The first kappa shape index (κ1) is 15.9. The van der Waals surface area contributed by atoms with Gasteiger partial charge in [0.05, 0.1) is 12.5 Å². The molecule has 0 radical (unpaired) electrons. The number of hydrogen-bond donors (Lipinski definition) is 0. The Morgan fingerprint density at radius 3 is 2.88 bits per heavy atom. The molecule has 24 heavy (non-hydrogen) atoms. The second-order valence-electron chi connectivity index (χ2n) is 7.63. The van der Waals surface area contributed by atoms with Crippen molar-refractivity contribution in [2.24, 2.45) is 11.3 Å². The fourth-order valence-corrected chi connectivity index (χ4v) is 4.95. The highest BCUT2D eigenvalue weighted by atomic mass is 16.5. The number of aromatic nitrogens is 1. The minimum atomic E-state index is -0.252. The van der Waals surface area contributed by atoms with Gasteiger partial charge in [0.2, 0.25) is 0 Å². The van der Waals surface area contributed by atoms with Crippen LogP contribution in [-0.4, -0.2) is 49.1 Å². The molecule has 0 unspecified atom stereocenters. The van der Waals surface area contributed by atoms with Crippen LogP contribution in [0.15, 0.2) is 18.3 Å². The summed E-state index contributed by atoms with van der Waals surface area (Å²) in [4.78, 5) is 21.8. The number of carbonyl (C=O) groups excluding carboxylic acids is 1. The number of carbonyl (C=O) groups is 1. The van der Waals surface area contributed by atoms with E-state index in [1.807, 2.05) is 6.20 Å². The van der Waals surface area contributed by atoms with Gasteiger partial charge < -0.3 is 9.64 Å². The fraction of sp³-hybridized carbons (Fsp3) is 0.684. The lowest BCUT2D eigenvalue weighted by atomic mass is 9.81. The van der Waals surface area contributed by atoms with Gasteiger partial charge in [0.1, 0.15) is 5.82 Å². The lowest BCUT2D eigenvalue weighted by Crippen LogP contribution is -2.36. The first-order chi connectivity index (χ1) is 11.7. The second-order valence-corrected chi connectivity index (χ2v) is 7.63. The van der Waals surface area contributed by atoms with E-state index >= 15 is 0 Å². The van der Waals surface area contributed by atoms with Crippen molar-refractivity contribution in [3.63, 3.8) is 0 Å². The van der Waals surface area contributed by atoms with Crippen LogP contribution in [0.5, 0.6) is 0 Å². The summed E-state index contributed by atoms with van der Waals surface area (Å²) in [6.07, 6.45) is 7.83. The number of esters is 1. The largest absolute Gasteiger partial charge is 0.469 e. The zero-order valence-corrected chi connectivity index (χ0v) is 14.5. The highest BCUT2D eigenvalue weighted by Crippen LogP contribution is 2.49. The molecule has 3 aliphatic rings. The molecule has 0 bridgehead atoms. The molecule has 130 valence electrons. The predicted octanol–water partition coefficient (Wildman–Crippen LogP) is 2.46. The van der Waals surface area contributed by atoms with Crippen LogP contribution in [0.1, 0.15) is 37.7 Å². The lowest BCUT2D eigenvalue weighted by Gasteiger charge is -2.25. The molecule has 5 nitrogen and oxygen atoms in total. The Morgan fingerprint density at radius 1 is 1.33 bits per heavy atom. The third-order valence-electron chi connectivity index (χ3n) is 6.18. The molecule has 0 aromatic carbocycles. The number of methoxy groups -OCH3 is 1. The van der Waals surface area contributed by atoms with Crippen LogP contribution in [0, 0.1) is 11.3 Å². The van der Waals surface area contributed by atoms with Gasteiger partial charge in [-0.15, -0.1) is 0 Å². The summed E-state index contributed by atoms with van der Waals surface area (Å²) >= 11 is 0. The van der Waals surface area contributed by atoms with Crippen molar-refractivity contribution in [2.75, 3.05) is 38.2 Å². The monoisotopic (exact) mass is 329 g/mol. The van der Waals surface area contributed by atoms with Gasteiger partial charge in [0.15, 0.2) is 0 Å². The molecule has 3 heterocycles. The number of hydrogen-bond acceptors (Lipinski definition) is 5. The van der Waals surface area contributed by atoms with Crippen molar-refractivity contribution in [1.82, 2.24) is 9.88 Å². The van der Waals surface area contributed by atoms with Crippen molar-refractivity contribution in [1.29, 1.82) is 0 Å². The van der Waals surface area contributed by atoms with E-state index < -0.39 is 0 Å². The average Bonchev–Trinajstić information content (AvgIpc) is 3.30. The normalized spacial score (nSPS) is 29.9. The molecular weight excluding hydrogens is 302 g/mol. The zero-order chi connectivity index (χ0) is 16.6. The molecule has 2 atom stereocenters. The number of pyridine rings is 1. The molecule has 5 heteroatoms. The third kappa shape index (κ3) is 2.69. The highest BCUT2D eigenvalue weighted by molar-refractivity contribution is 5.78. The summed E-state index contributed by atoms with van der Waals surface area (Å²) in [5.74, 6) is 1.55. The summed E-state index contributed by atoms with van der Waals surface area (Å²) in [7, 11) is 1.52. The number of nitrogens with zero attached hydrogens (tertiary/aromatic N) is 3. The Kier molecular flexibility index (Phi) is 4.21. The molecule has 1 saturated carbocycles. The smallest absolute Gasteiger partial charge is 0.313 e. The minimum absolute atomic E-state index is 0.00462. The van der Waals surface area contributed by atoms with Crippen LogP contribution in [-0.2, 0) is 16.1 Å². The van der Waals surface area contributed by atoms with Gasteiger partial charge in [-0.25, -0.2) is 4.98 Å². The highest BCUT2D eigenvalue weighted by Gasteiger charge is 2.55. The maximum atomic E-state index is 12.3. The van der Waals surface area contributed by atoms with Gasteiger partial charge in [-0.2, -0.15) is 0 Å². The summed E-state index contributed by atoms with van der Waals surface area (Å²) < 4.78 is 5.13. The molecule has 4 rings (SSSR count). The van der Waals surface area contributed by atoms with E-state index in [9.17, 15) is 4.79 Å². The quantitative estimate of drug-likeness (QED) is 0.794. The first-order valence-corrected chi connectivity index (χ1v) is 9.22. The van der Waals surface area contributed by atoms with E-state index in [1.54, 1.807) is 0 Å². The van der Waals surface area contributed by atoms with Crippen LogP contribution in [0.25, 0.3) is 0 Å². The minimum Gasteiger partial charge on any atom is -0.469 e. The summed E-state index contributed by atoms with van der Waals surface area (Å²) in [6, 6.07) is 4.34. The predicted molar refractivity (Wildman–Crippen MR) is 92.8 cm³/mol. The topological polar surface area (TPSA) is 45.7 Å². The number of rotatable bonds is 4. The van der Waals surface area contributed by atoms with Gasteiger partial charge in [-0.1, -0.05) is 12.5 Å². The maximum absolute atomic E-state index is 12.3. The Balaban J connectivity index is 1.42. The summed E-state index contributed by atoms with van der Waals surface area (Å²) in [5.41, 5.74) is 0.982. The average molecular weight is 329 g/mol. The zero-order valence-electron chi connectivity index (χ0n) is 14.5. The molecule has 3 fully saturated rings. The van der Waals surface area contributed by atoms with Crippen LogP contribution in [0.2, 0.25) is 0 Å². The maximum Gasteiger partial charge on any atom is 0.313 e. The Morgan fingerprint density at radius 2 is 2.17 bits per heavy atom. The molecule has 1 aromatic heterocycles. The Hall–Kier alpha value is -1.62. The Labute approximate surface area is 144 Å². The first-order valence-electron chi connectivity index (χ1n) is 9.22. The summed E-state index contributed by atoms with van der Waals surface area (Å²) in [6.45, 7) is 4.97. The van der Waals surface area contributed by atoms with Gasteiger partial charge in [-0.05, 0) is 43.2 Å². The number of anilines is 1. The van der Waals surface area contributed by atoms with Gasteiger partial charge in [0.25, 0.3) is 0 Å². The van der Waals surface area contributed by atoms with Gasteiger partial charge in [0, 0.05) is 38.9 Å². The second kappa shape index (κ2) is 6.36. The fourth-order valence-electron chi connectivity index (χ4n) is 4.95. The standard InChI is InChI=1S/C19H27N3O2/c1-24-18(23)19-8-4-5-16(19)13-21(14-19)12-15-6-7-17(20-11-15)22-9-2-3-10-22/h6-7,11,16H,2-5,8-10,12-14H2,1H3/t16-,19+/m1/s1. The molecule has 2 saturated heterocycles. The van der Waals surface area contributed by atoms with E-state index in [0.29, 0.717) is 5.92 Å². The van der Waals surface area contributed by atoms with Gasteiger partial charge in [-0.3, -0.25) is 9.69 Å². The SMILES string of the molecule is COC(=O)[C@]12CCC[C@@H]1CN(Cc1ccc(N3CCCC3)nc1)C2. The van der Waals surface area contributed by atoms with E-state index in [2.05, 4.69) is 26.9 Å². The van der Waals surface area contributed by atoms with Crippen molar-refractivity contribution >= 4 is 11.8 Å². The van der Waals surface area contributed by atoms with E-state index in [-0.39, 0.29) is 11.4 Å². The van der Waals surface area contributed by atoms with Crippen LogP contribution in [0.4, 0.5) is 5.82 Å². The van der Waals surface area contributed by atoms with Gasteiger partial charge >= 0.3 is 5.97 Å². The van der Waals surface area contributed by atoms with Crippen molar-refractivity contribution in [3.05, 3.63) is 23.9 Å².